The summed E-state index contributed by atoms with van der Waals surface area (Å²) in [6, 6.07) is 10.7. The smallest absolute Gasteiger partial charge is 0.216 e. The van der Waals surface area contributed by atoms with Gasteiger partial charge in [-0.3, -0.25) is 0 Å². The summed E-state index contributed by atoms with van der Waals surface area (Å²) < 4.78 is 32.0. The third kappa shape index (κ3) is 7.81. The van der Waals surface area contributed by atoms with Crippen LogP contribution >= 0.6 is 0 Å². The lowest BCUT2D eigenvalue weighted by Gasteiger charge is -2.22. The fourth-order valence-corrected chi connectivity index (χ4v) is 4.23. The molecule has 0 aliphatic carbocycles. The predicted molar refractivity (Wildman–Crippen MR) is 118 cm³/mol. The van der Waals surface area contributed by atoms with E-state index in [0.29, 0.717) is 24.8 Å². The fraction of sp³-hybridized carbons (Fsp3) is 0.476. The molecular weight excluding hydrogens is 404 g/mol. The van der Waals surface area contributed by atoms with Crippen LogP contribution in [0.25, 0.3) is 0 Å². The molecule has 1 heterocycles. The van der Waals surface area contributed by atoms with Crippen LogP contribution in [0.2, 0.25) is 0 Å². The Kier molecular flexibility index (Phi) is 8.45. The van der Waals surface area contributed by atoms with Gasteiger partial charge in [-0.15, -0.1) is 0 Å². The van der Waals surface area contributed by atoms with Crippen molar-refractivity contribution in [2.45, 2.75) is 51.6 Å². The van der Waals surface area contributed by atoms with E-state index < -0.39 is 15.6 Å². The summed E-state index contributed by atoms with van der Waals surface area (Å²) in [5, 5.41) is 16.8. The van der Waals surface area contributed by atoms with Crippen LogP contribution in [-0.2, 0) is 27.9 Å². The van der Waals surface area contributed by atoms with Gasteiger partial charge in [0, 0.05) is 12.6 Å². The molecule has 166 valence electrons. The number of sulfonamides is 1. The summed E-state index contributed by atoms with van der Waals surface area (Å²) in [5.74, 6) is 0.987. The molecule has 2 rings (SSSR count). The second-order valence-corrected chi connectivity index (χ2v) is 9.40. The first-order valence-corrected chi connectivity index (χ1v) is 11.6. The highest BCUT2D eigenvalue weighted by Gasteiger charge is 2.26. The van der Waals surface area contributed by atoms with E-state index in [-0.39, 0.29) is 18.3 Å². The van der Waals surface area contributed by atoms with Crippen molar-refractivity contribution < 1.29 is 17.9 Å². The molecule has 9 heteroatoms. The number of nitrogens with zero attached hydrogens (tertiary/aromatic N) is 1. The molecule has 1 atom stereocenters. The Balaban J connectivity index is 1.97. The zero-order valence-electron chi connectivity index (χ0n) is 18.0. The van der Waals surface area contributed by atoms with E-state index >= 15 is 0 Å². The summed E-state index contributed by atoms with van der Waals surface area (Å²) >= 11 is 0. The maximum atomic E-state index is 12.0. The fourth-order valence-electron chi connectivity index (χ4n) is 2.80. The molecule has 0 bridgehead atoms. The Morgan fingerprint density at radius 3 is 2.40 bits per heavy atom. The first kappa shape index (κ1) is 23.9. The third-order valence-corrected chi connectivity index (χ3v) is 5.75. The summed E-state index contributed by atoms with van der Waals surface area (Å²) in [6.45, 7) is 8.53. The number of aliphatic hydroxyl groups is 1. The number of aliphatic imine (C=N–C) groups is 1. The monoisotopic (exact) mass is 436 g/mol. The molecule has 0 saturated heterocycles. The Morgan fingerprint density at radius 1 is 1.17 bits per heavy atom. The molecule has 0 radical (unpaired) electrons. The summed E-state index contributed by atoms with van der Waals surface area (Å²) in [7, 11) is -3.35. The van der Waals surface area contributed by atoms with Crippen LogP contribution in [0.5, 0.6) is 0 Å². The molecule has 1 aromatic heterocycles. The van der Waals surface area contributed by atoms with Gasteiger partial charge in [0.15, 0.2) is 5.96 Å². The van der Waals surface area contributed by atoms with Crippen LogP contribution in [0.1, 0.15) is 44.6 Å². The van der Waals surface area contributed by atoms with E-state index in [1.807, 2.05) is 19.1 Å². The molecule has 4 N–H and O–H groups in total. The van der Waals surface area contributed by atoms with Gasteiger partial charge in [-0.1, -0.05) is 24.3 Å². The SMILES string of the molecule is CCNC(=NCc1ccc(CS(=O)(=O)NC(C)C)cc1)NCC(C)(O)c1ccco1. The number of benzene rings is 1. The number of hydrogen-bond acceptors (Lipinski definition) is 5. The minimum atomic E-state index is -3.35. The Morgan fingerprint density at radius 2 is 1.83 bits per heavy atom. The van der Waals surface area contributed by atoms with Gasteiger partial charge in [0.05, 0.1) is 25.1 Å². The summed E-state index contributed by atoms with van der Waals surface area (Å²) in [4.78, 5) is 4.53. The second-order valence-electron chi connectivity index (χ2n) is 7.65. The van der Waals surface area contributed by atoms with E-state index in [1.165, 1.54) is 6.26 Å². The van der Waals surface area contributed by atoms with Gasteiger partial charge < -0.3 is 20.2 Å². The van der Waals surface area contributed by atoms with Crippen molar-refractivity contribution in [2.24, 2.45) is 4.99 Å². The van der Waals surface area contributed by atoms with Crippen LogP contribution in [0.4, 0.5) is 0 Å². The van der Waals surface area contributed by atoms with E-state index in [9.17, 15) is 13.5 Å². The van der Waals surface area contributed by atoms with E-state index in [1.54, 1.807) is 45.0 Å². The number of nitrogens with one attached hydrogen (secondary N) is 3. The molecule has 0 fully saturated rings. The van der Waals surface area contributed by atoms with Crippen LogP contribution in [-0.4, -0.2) is 38.6 Å². The molecule has 0 spiro atoms. The number of hydrogen-bond donors (Lipinski definition) is 4. The van der Waals surface area contributed by atoms with E-state index in [4.69, 9.17) is 4.42 Å². The molecule has 0 aliphatic rings. The standard InChI is InChI=1S/C21H32N4O4S/c1-5-22-20(24-15-21(4,26)19-7-6-12-29-19)23-13-17-8-10-18(11-9-17)14-30(27,28)25-16(2)3/h6-12,16,25-26H,5,13-15H2,1-4H3,(H2,22,23,24). The summed E-state index contributed by atoms with van der Waals surface area (Å²) in [5.41, 5.74) is 0.495. The largest absolute Gasteiger partial charge is 0.466 e. The van der Waals surface area contributed by atoms with Crippen molar-refractivity contribution >= 4 is 16.0 Å². The Bertz CT molecular complexity index is 905. The normalized spacial score (nSPS) is 14.5. The molecule has 30 heavy (non-hydrogen) atoms. The highest BCUT2D eigenvalue weighted by atomic mass is 32.2. The van der Waals surface area contributed by atoms with Gasteiger partial charge in [0.2, 0.25) is 10.0 Å². The van der Waals surface area contributed by atoms with Crippen molar-refractivity contribution in [2.75, 3.05) is 13.1 Å². The van der Waals surface area contributed by atoms with Gasteiger partial charge in [-0.05, 0) is 51.0 Å². The quantitative estimate of drug-likeness (QED) is 0.335. The lowest BCUT2D eigenvalue weighted by Crippen LogP contribution is -2.44. The maximum Gasteiger partial charge on any atom is 0.216 e. The average molecular weight is 437 g/mol. The zero-order valence-corrected chi connectivity index (χ0v) is 18.8. The highest BCUT2D eigenvalue weighted by molar-refractivity contribution is 7.88. The van der Waals surface area contributed by atoms with Gasteiger partial charge in [-0.25, -0.2) is 18.1 Å². The van der Waals surface area contributed by atoms with Gasteiger partial charge >= 0.3 is 0 Å². The second kappa shape index (κ2) is 10.6. The zero-order chi connectivity index (χ0) is 22.2. The Labute approximate surface area is 178 Å². The molecule has 0 amide bonds. The van der Waals surface area contributed by atoms with Gasteiger partial charge in [-0.2, -0.15) is 0 Å². The lowest BCUT2D eigenvalue weighted by atomic mass is 10.0. The predicted octanol–water partition coefficient (Wildman–Crippen LogP) is 2.07. The topological polar surface area (TPSA) is 116 Å². The van der Waals surface area contributed by atoms with E-state index in [0.717, 1.165) is 11.1 Å². The van der Waals surface area contributed by atoms with Gasteiger partial charge in [0.25, 0.3) is 0 Å². The van der Waals surface area contributed by atoms with Crippen molar-refractivity contribution in [1.82, 2.24) is 15.4 Å². The highest BCUT2D eigenvalue weighted by Crippen LogP contribution is 2.19. The number of rotatable bonds is 10. The van der Waals surface area contributed by atoms with Gasteiger partial charge in [0.1, 0.15) is 11.4 Å². The average Bonchev–Trinajstić information content (AvgIpc) is 3.19. The van der Waals surface area contributed by atoms with Crippen LogP contribution in [0.15, 0.2) is 52.1 Å². The van der Waals surface area contributed by atoms with Crippen molar-refractivity contribution in [3.63, 3.8) is 0 Å². The molecule has 1 unspecified atom stereocenters. The minimum Gasteiger partial charge on any atom is -0.466 e. The minimum absolute atomic E-state index is 0.0548. The molecule has 0 saturated carbocycles. The molecule has 2 aromatic rings. The maximum absolute atomic E-state index is 12.0. The molecule has 1 aromatic carbocycles. The van der Waals surface area contributed by atoms with Crippen LogP contribution in [0.3, 0.4) is 0 Å². The molecule has 0 aliphatic heterocycles. The third-order valence-electron chi connectivity index (χ3n) is 4.21. The van der Waals surface area contributed by atoms with Crippen molar-refractivity contribution in [3.05, 3.63) is 59.5 Å². The first-order chi connectivity index (χ1) is 14.1. The van der Waals surface area contributed by atoms with E-state index in [2.05, 4.69) is 20.3 Å². The molecule has 8 nitrogen and oxygen atoms in total. The Hall–Kier alpha value is -2.36. The van der Waals surface area contributed by atoms with Crippen LogP contribution in [0, 0.1) is 0 Å². The van der Waals surface area contributed by atoms with Crippen LogP contribution < -0.4 is 15.4 Å². The van der Waals surface area contributed by atoms with Crippen molar-refractivity contribution in [3.8, 4) is 0 Å². The van der Waals surface area contributed by atoms with Crippen molar-refractivity contribution in [1.29, 1.82) is 0 Å². The summed E-state index contributed by atoms with van der Waals surface area (Å²) in [6.07, 6.45) is 1.52. The first-order valence-electron chi connectivity index (χ1n) is 9.97. The number of furan rings is 1. The lowest BCUT2D eigenvalue weighted by molar-refractivity contribution is 0.0386. The number of guanidine groups is 1. The molecular formula is C21H32N4O4S.